The SMILES string of the molecule is O=C(NCCCl)N[C@@H]1O[C@@H](CO)[C@@H](O)[C@@H](O)[C@@H]1O. The van der Waals surface area contributed by atoms with Crippen molar-refractivity contribution in [1.82, 2.24) is 10.6 Å². The lowest BCUT2D eigenvalue weighted by molar-refractivity contribution is -0.233. The summed E-state index contributed by atoms with van der Waals surface area (Å²) in [5, 5.41) is 42.2. The fourth-order valence-electron chi connectivity index (χ4n) is 1.56. The summed E-state index contributed by atoms with van der Waals surface area (Å²) in [4.78, 5) is 11.3. The van der Waals surface area contributed by atoms with E-state index in [0.717, 1.165) is 0 Å². The number of urea groups is 1. The molecule has 0 aromatic heterocycles. The molecule has 2 amide bonds. The Morgan fingerprint density at radius 2 is 1.89 bits per heavy atom. The largest absolute Gasteiger partial charge is 0.394 e. The first-order chi connectivity index (χ1) is 8.51. The molecule has 0 aromatic rings. The van der Waals surface area contributed by atoms with Crippen LogP contribution in [0.1, 0.15) is 0 Å². The second kappa shape index (κ2) is 7.07. The maximum Gasteiger partial charge on any atom is 0.316 e. The smallest absolute Gasteiger partial charge is 0.316 e. The summed E-state index contributed by atoms with van der Waals surface area (Å²) in [6.45, 7) is -0.322. The fourth-order valence-corrected chi connectivity index (χ4v) is 1.66. The van der Waals surface area contributed by atoms with E-state index in [-0.39, 0.29) is 12.4 Å². The van der Waals surface area contributed by atoms with Gasteiger partial charge < -0.3 is 35.8 Å². The maximum atomic E-state index is 11.3. The van der Waals surface area contributed by atoms with Crippen LogP contribution in [0.25, 0.3) is 0 Å². The summed E-state index contributed by atoms with van der Waals surface area (Å²) in [6, 6.07) is -0.639. The van der Waals surface area contributed by atoms with Gasteiger partial charge in [-0.15, -0.1) is 11.6 Å². The Hall–Kier alpha value is -0.640. The average molecular weight is 285 g/mol. The van der Waals surface area contributed by atoms with E-state index in [4.69, 9.17) is 21.4 Å². The minimum atomic E-state index is -1.52. The molecule has 0 unspecified atom stereocenters. The summed E-state index contributed by atoms with van der Waals surface area (Å²) in [6.07, 6.45) is -6.75. The molecular weight excluding hydrogens is 268 g/mol. The van der Waals surface area contributed by atoms with Crippen molar-refractivity contribution >= 4 is 17.6 Å². The van der Waals surface area contributed by atoms with Gasteiger partial charge in [0.25, 0.3) is 0 Å². The molecular formula is C9H17ClN2O6. The Morgan fingerprint density at radius 1 is 1.22 bits per heavy atom. The number of aliphatic hydroxyl groups is 4. The van der Waals surface area contributed by atoms with Crippen LogP contribution in [0.3, 0.4) is 0 Å². The van der Waals surface area contributed by atoms with E-state index < -0.39 is 43.3 Å². The number of carbonyl (C=O) groups excluding carboxylic acids is 1. The second-order valence-corrected chi connectivity index (χ2v) is 4.22. The van der Waals surface area contributed by atoms with Gasteiger partial charge in [-0.3, -0.25) is 0 Å². The van der Waals surface area contributed by atoms with Crippen molar-refractivity contribution < 1.29 is 30.0 Å². The molecule has 0 bridgehead atoms. The van der Waals surface area contributed by atoms with Gasteiger partial charge in [0.2, 0.25) is 0 Å². The van der Waals surface area contributed by atoms with Gasteiger partial charge in [0.15, 0.2) is 6.23 Å². The highest BCUT2D eigenvalue weighted by Crippen LogP contribution is 2.19. The zero-order valence-electron chi connectivity index (χ0n) is 9.49. The molecule has 0 spiro atoms. The number of alkyl halides is 1. The van der Waals surface area contributed by atoms with Gasteiger partial charge in [-0.05, 0) is 0 Å². The molecule has 5 atom stereocenters. The van der Waals surface area contributed by atoms with Crippen molar-refractivity contribution in [2.75, 3.05) is 19.0 Å². The standard InChI is InChI=1S/C9H17ClN2O6/c10-1-2-11-9(17)12-8-7(16)6(15)5(14)4(3-13)18-8/h4-8,13-16H,1-3H2,(H2,11,12,17)/t4-,5+,6+,7-,8+/m0/s1. The summed E-state index contributed by atoms with van der Waals surface area (Å²) >= 11 is 5.38. The van der Waals surface area contributed by atoms with Crippen molar-refractivity contribution in [3.05, 3.63) is 0 Å². The number of hydrogen-bond donors (Lipinski definition) is 6. The Labute approximate surface area is 109 Å². The highest BCUT2D eigenvalue weighted by Gasteiger charge is 2.43. The van der Waals surface area contributed by atoms with Gasteiger partial charge in [-0.1, -0.05) is 0 Å². The van der Waals surface area contributed by atoms with Crippen molar-refractivity contribution in [3.8, 4) is 0 Å². The van der Waals surface area contributed by atoms with Crippen LogP contribution >= 0.6 is 11.6 Å². The van der Waals surface area contributed by atoms with Gasteiger partial charge in [0.1, 0.15) is 24.4 Å². The van der Waals surface area contributed by atoms with Crippen molar-refractivity contribution in [1.29, 1.82) is 0 Å². The molecule has 9 heteroatoms. The number of amides is 2. The van der Waals surface area contributed by atoms with Crippen molar-refractivity contribution in [3.63, 3.8) is 0 Å². The quantitative estimate of drug-likeness (QED) is 0.312. The number of nitrogens with one attached hydrogen (secondary N) is 2. The van der Waals surface area contributed by atoms with Crippen molar-refractivity contribution in [2.24, 2.45) is 0 Å². The lowest BCUT2D eigenvalue weighted by Gasteiger charge is -2.40. The summed E-state index contributed by atoms with van der Waals surface area (Å²) < 4.78 is 5.07. The number of ether oxygens (including phenoxy) is 1. The van der Waals surface area contributed by atoms with Gasteiger partial charge in [0, 0.05) is 12.4 Å². The van der Waals surface area contributed by atoms with E-state index in [0.29, 0.717) is 0 Å². The molecule has 1 aliphatic rings. The number of aliphatic hydroxyl groups excluding tert-OH is 4. The molecule has 1 saturated heterocycles. The minimum absolute atomic E-state index is 0.224. The van der Waals surface area contributed by atoms with Crippen LogP contribution in [0, 0.1) is 0 Å². The molecule has 1 aliphatic heterocycles. The molecule has 1 fully saturated rings. The second-order valence-electron chi connectivity index (χ2n) is 3.84. The maximum absolute atomic E-state index is 11.3. The molecule has 18 heavy (non-hydrogen) atoms. The molecule has 6 N–H and O–H groups in total. The molecule has 8 nitrogen and oxygen atoms in total. The van der Waals surface area contributed by atoms with E-state index in [2.05, 4.69) is 10.6 Å². The Balaban J connectivity index is 2.56. The monoisotopic (exact) mass is 284 g/mol. The number of hydrogen-bond acceptors (Lipinski definition) is 6. The van der Waals surface area contributed by atoms with E-state index >= 15 is 0 Å². The predicted octanol–water partition coefficient (Wildman–Crippen LogP) is -2.68. The van der Waals surface area contributed by atoms with E-state index in [1.807, 2.05) is 0 Å². The molecule has 1 heterocycles. The van der Waals surface area contributed by atoms with Crippen LogP contribution in [0.5, 0.6) is 0 Å². The van der Waals surface area contributed by atoms with Gasteiger partial charge in [0.05, 0.1) is 6.61 Å². The van der Waals surface area contributed by atoms with Crippen molar-refractivity contribution in [2.45, 2.75) is 30.6 Å². The van der Waals surface area contributed by atoms with Gasteiger partial charge >= 0.3 is 6.03 Å². The lowest BCUT2D eigenvalue weighted by Crippen LogP contribution is -2.64. The van der Waals surface area contributed by atoms with Crippen LogP contribution < -0.4 is 10.6 Å². The molecule has 0 aromatic carbocycles. The topological polar surface area (TPSA) is 131 Å². The lowest BCUT2D eigenvalue weighted by atomic mass is 9.98. The summed E-state index contributed by atoms with van der Waals surface area (Å²) in [7, 11) is 0. The summed E-state index contributed by atoms with van der Waals surface area (Å²) in [5.74, 6) is 0.224. The first kappa shape index (κ1) is 15.4. The third-order valence-corrected chi connectivity index (χ3v) is 2.73. The minimum Gasteiger partial charge on any atom is -0.394 e. The summed E-state index contributed by atoms with van der Waals surface area (Å²) in [5.41, 5.74) is 0. The first-order valence-electron chi connectivity index (χ1n) is 5.42. The van der Waals surface area contributed by atoms with E-state index in [9.17, 15) is 20.1 Å². The van der Waals surface area contributed by atoms with E-state index in [1.54, 1.807) is 0 Å². The fraction of sp³-hybridized carbons (Fsp3) is 0.889. The van der Waals surface area contributed by atoms with Gasteiger partial charge in [-0.25, -0.2) is 4.79 Å². The number of rotatable bonds is 4. The molecule has 0 aliphatic carbocycles. The van der Waals surface area contributed by atoms with Crippen LogP contribution in [-0.4, -0.2) is 76.1 Å². The average Bonchev–Trinajstić information content (AvgIpc) is 2.37. The van der Waals surface area contributed by atoms with Gasteiger partial charge in [-0.2, -0.15) is 0 Å². The predicted molar refractivity (Wildman–Crippen MR) is 61.0 cm³/mol. The van der Waals surface area contributed by atoms with Crippen LogP contribution in [-0.2, 0) is 4.74 Å². The Bertz CT molecular complexity index is 280. The van der Waals surface area contributed by atoms with Crippen LogP contribution in [0.2, 0.25) is 0 Å². The highest BCUT2D eigenvalue weighted by atomic mass is 35.5. The Kier molecular flexibility index (Phi) is 6.06. The molecule has 106 valence electrons. The Morgan fingerprint density at radius 3 is 2.44 bits per heavy atom. The zero-order valence-corrected chi connectivity index (χ0v) is 10.2. The van der Waals surface area contributed by atoms with Crippen LogP contribution in [0.15, 0.2) is 0 Å². The van der Waals surface area contributed by atoms with Crippen LogP contribution in [0.4, 0.5) is 4.79 Å². The third kappa shape index (κ3) is 3.67. The normalized spacial score (nSPS) is 36.2. The number of halogens is 1. The molecule has 1 rings (SSSR count). The highest BCUT2D eigenvalue weighted by molar-refractivity contribution is 6.18. The molecule has 0 saturated carbocycles. The first-order valence-corrected chi connectivity index (χ1v) is 5.95. The zero-order chi connectivity index (χ0) is 13.7. The number of carbonyl (C=O) groups is 1. The van der Waals surface area contributed by atoms with E-state index in [1.165, 1.54) is 0 Å². The molecule has 0 radical (unpaired) electrons. The third-order valence-electron chi connectivity index (χ3n) is 2.55.